The summed E-state index contributed by atoms with van der Waals surface area (Å²) in [6.45, 7) is 0. The van der Waals surface area contributed by atoms with E-state index >= 15 is 0 Å². The third-order valence-electron chi connectivity index (χ3n) is 2.33. The van der Waals surface area contributed by atoms with Crippen LogP contribution in [-0.4, -0.2) is 31.3 Å². The number of rotatable bonds is 5. The Bertz CT molecular complexity index is 419. The van der Waals surface area contributed by atoms with E-state index < -0.39 is 12.0 Å². The monoisotopic (exact) mass is 241 g/mol. The summed E-state index contributed by atoms with van der Waals surface area (Å²) in [5, 5.41) is 20.2. The molecule has 0 aromatic heterocycles. The highest BCUT2D eigenvalue weighted by molar-refractivity contribution is 5.69. The second-order valence-corrected chi connectivity index (χ2v) is 3.57. The van der Waals surface area contributed by atoms with E-state index in [-0.39, 0.29) is 17.9 Å². The molecule has 0 fully saturated rings. The molecule has 0 aliphatic rings. The Hall–Kier alpha value is -1.95. The molecule has 0 saturated heterocycles. The van der Waals surface area contributed by atoms with Crippen molar-refractivity contribution in [1.82, 2.24) is 0 Å². The average Bonchev–Trinajstić information content (AvgIpc) is 2.27. The Morgan fingerprint density at radius 2 is 2.12 bits per heavy atom. The van der Waals surface area contributed by atoms with Gasteiger partial charge >= 0.3 is 0 Å². The van der Waals surface area contributed by atoms with Crippen molar-refractivity contribution in [2.75, 3.05) is 14.2 Å². The van der Waals surface area contributed by atoms with Gasteiger partial charge in [0.15, 0.2) is 11.5 Å². The van der Waals surface area contributed by atoms with Gasteiger partial charge in [0.2, 0.25) is 5.75 Å². The lowest BCUT2D eigenvalue weighted by molar-refractivity contribution is -0.437. The molecule has 0 unspecified atom stereocenters. The number of carboxylic acids is 1. The standard InChI is InChI=1S/C11H15NO5/c1-16-9-5-6(3-7(12)11(14)15)4-8(13)10(9)17-2/h4-5,7,13H,3,12H2,1-2H3,(H,14,15)/t7-/m0/s1. The zero-order valence-corrected chi connectivity index (χ0v) is 9.73. The van der Waals surface area contributed by atoms with Gasteiger partial charge in [-0.3, -0.25) is 0 Å². The number of phenols is 1. The number of hydrogen-bond acceptors (Lipinski definition) is 5. The van der Waals surface area contributed by atoms with Crippen molar-refractivity contribution < 1.29 is 30.2 Å². The van der Waals surface area contributed by atoms with Gasteiger partial charge in [0.1, 0.15) is 6.04 Å². The number of aromatic hydroxyl groups is 1. The Kier molecular flexibility index (Phi) is 4.17. The predicted octanol–water partition coefficient (Wildman–Crippen LogP) is -1.69. The first-order valence-electron chi connectivity index (χ1n) is 4.97. The van der Waals surface area contributed by atoms with E-state index in [1.54, 1.807) is 6.07 Å². The summed E-state index contributed by atoms with van der Waals surface area (Å²) in [5.74, 6) is -0.787. The van der Waals surface area contributed by atoms with E-state index in [2.05, 4.69) is 5.73 Å². The molecule has 6 nitrogen and oxygen atoms in total. The summed E-state index contributed by atoms with van der Waals surface area (Å²) in [6.07, 6.45) is 0.149. The van der Waals surface area contributed by atoms with Gasteiger partial charge < -0.3 is 30.2 Å². The summed E-state index contributed by atoms with van der Waals surface area (Å²) in [6, 6.07) is 2.13. The molecule has 0 spiro atoms. The minimum atomic E-state index is -1.24. The van der Waals surface area contributed by atoms with Crippen LogP contribution in [0.5, 0.6) is 17.2 Å². The van der Waals surface area contributed by atoms with E-state index in [9.17, 15) is 15.0 Å². The van der Waals surface area contributed by atoms with Crippen LogP contribution < -0.4 is 20.3 Å². The molecule has 0 bridgehead atoms. The smallest absolute Gasteiger partial charge is 0.203 e. The number of aliphatic carboxylic acids is 1. The number of carboxylic acid groups (broad SMARTS) is 1. The second-order valence-electron chi connectivity index (χ2n) is 3.57. The molecule has 1 rings (SSSR count). The zero-order chi connectivity index (χ0) is 13.0. The van der Waals surface area contributed by atoms with Crippen molar-refractivity contribution in [3.05, 3.63) is 17.7 Å². The molecule has 1 aromatic rings. The normalized spacial score (nSPS) is 11.9. The first kappa shape index (κ1) is 13.1. The molecular weight excluding hydrogens is 226 g/mol. The predicted molar refractivity (Wildman–Crippen MR) is 56.6 cm³/mol. The van der Waals surface area contributed by atoms with E-state index in [0.717, 1.165) is 0 Å². The lowest BCUT2D eigenvalue weighted by atomic mass is 10.1. The minimum absolute atomic E-state index is 0.104. The van der Waals surface area contributed by atoms with Gasteiger partial charge in [0.25, 0.3) is 0 Å². The first-order chi connectivity index (χ1) is 7.99. The van der Waals surface area contributed by atoms with Crippen LogP contribution in [0.4, 0.5) is 0 Å². The fourth-order valence-electron chi connectivity index (χ4n) is 1.49. The maximum Gasteiger partial charge on any atom is 0.203 e. The number of ether oxygens (including phenoxy) is 2. The van der Waals surface area contributed by atoms with Crippen molar-refractivity contribution in [1.29, 1.82) is 0 Å². The fraction of sp³-hybridized carbons (Fsp3) is 0.364. The van der Waals surface area contributed by atoms with E-state index in [1.807, 2.05) is 0 Å². The number of hydrogen-bond donors (Lipinski definition) is 2. The number of phenolic OH excluding ortho intramolecular Hbond substituents is 1. The van der Waals surface area contributed by atoms with Crippen LogP contribution in [0.3, 0.4) is 0 Å². The lowest BCUT2D eigenvalue weighted by Gasteiger charge is -2.13. The van der Waals surface area contributed by atoms with Crippen molar-refractivity contribution in [3.8, 4) is 17.2 Å². The van der Waals surface area contributed by atoms with Crippen LogP contribution in [0.15, 0.2) is 12.1 Å². The van der Waals surface area contributed by atoms with Gasteiger partial charge in [-0.25, -0.2) is 0 Å². The molecule has 0 amide bonds. The fourth-order valence-corrected chi connectivity index (χ4v) is 1.49. The summed E-state index contributed by atoms with van der Waals surface area (Å²) in [4.78, 5) is 10.6. The van der Waals surface area contributed by atoms with Crippen LogP contribution in [-0.2, 0) is 11.2 Å². The summed E-state index contributed by atoms with van der Waals surface area (Å²) < 4.78 is 9.99. The quantitative estimate of drug-likeness (QED) is 0.640. The molecule has 1 aromatic carbocycles. The van der Waals surface area contributed by atoms with Crippen LogP contribution in [0.1, 0.15) is 5.56 Å². The summed E-state index contributed by atoms with van der Waals surface area (Å²) >= 11 is 0. The van der Waals surface area contributed by atoms with Crippen LogP contribution >= 0.6 is 0 Å². The number of methoxy groups -OCH3 is 2. The van der Waals surface area contributed by atoms with Gasteiger partial charge in [0.05, 0.1) is 20.2 Å². The number of quaternary nitrogens is 1. The SMILES string of the molecule is COc1cc(C[C@H]([NH3+])C(=O)[O-])cc(O)c1OC. The van der Waals surface area contributed by atoms with Crippen LogP contribution in [0.2, 0.25) is 0 Å². The third kappa shape index (κ3) is 3.01. The molecule has 0 saturated carbocycles. The van der Waals surface area contributed by atoms with E-state index in [4.69, 9.17) is 9.47 Å². The molecule has 0 heterocycles. The molecular formula is C11H15NO5. The molecule has 6 heteroatoms. The van der Waals surface area contributed by atoms with Crippen molar-refractivity contribution in [2.24, 2.45) is 0 Å². The van der Waals surface area contributed by atoms with E-state index in [1.165, 1.54) is 20.3 Å². The Labute approximate surface area is 98.6 Å². The van der Waals surface area contributed by atoms with Crippen LogP contribution in [0, 0.1) is 0 Å². The minimum Gasteiger partial charge on any atom is -0.544 e. The summed E-state index contributed by atoms with van der Waals surface area (Å²) in [7, 11) is 2.84. The average molecular weight is 241 g/mol. The molecule has 0 aliphatic carbocycles. The van der Waals surface area contributed by atoms with E-state index in [0.29, 0.717) is 11.3 Å². The van der Waals surface area contributed by atoms with Crippen molar-refractivity contribution in [3.63, 3.8) is 0 Å². The number of benzene rings is 1. The molecule has 1 atom stereocenters. The van der Waals surface area contributed by atoms with Gasteiger partial charge in [-0.05, 0) is 17.7 Å². The highest BCUT2D eigenvalue weighted by Gasteiger charge is 2.15. The second kappa shape index (κ2) is 5.40. The Morgan fingerprint density at radius 3 is 2.59 bits per heavy atom. The topological polar surface area (TPSA) is 106 Å². The van der Waals surface area contributed by atoms with Gasteiger partial charge in [0, 0.05) is 6.42 Å². The first-order valence-corrected chi connectivity index (χ1v) is 4.97. The van der Waals surface area contributed by atoms with Crippen molar-refractivity contribution >= 4 is 5.97 Å². The molecule has 0 radical (unpaired) electrons. The summed E-state index contributed by atoms with van der Waals surface area (Å²) in [5.41, 5.74) is 4.03. The zero-order valence-electron chi connectivity index (χ0n) is 9.73. The Morgan fingerprint density at radius 1 is 1.47 bits per heavy atom. The highest BCUT2D eigenvalue weighted by Crippen LogP contribution is 2.37. The maximum atomic E-state index is 10.6. The highest BCUT2D eigenvalue weighted by atomic mass is 16.5. The van der Waals surface area contributed by atoms with Crippen molar-refractivity contribution in [2.45, 2.75) is 12.5 Å². The number of carbonyl (C=O) groups excluding carboxylic acids is 1. The third-order valence-corrected chi connectivity index (χ3v) is 2.33. The Balaban J connectivity index is 3.03. The molecule has 0 aliphatic heterocycles. The van der Waals surface area contributed by atoms with Gasteiger partial charge in [-0.15, -0.1) is 0 Å². The molecule has 94 valence electrons. The largest absolute Gasteiger partial charge is 0.544 e. The van der Waals surface area contributed by atoms with Gasteiger partial charge in [-0.1, -0.05) is 0 Å². The molecule has 4 N–H and O–H groups in total. The van der Waals surface area contributed by atoms with Gasteiger partial charge in [-0.2, -0.15) is 0 Å². The molecule has 17 heavy (non-hydrogen) atoms. The lowest BCUT2D eigenvalue weighted by Crippen LogP contribution is -2.69. The van der Waals surface area contributed by atoms with Crippen LogP contribution in [0.25, 0.3) is 0 Å². The maximum absolute atomic E-state index is 10.6. The number of carbonyl (C=O) groups is 1.